The average Bonchev–Trinajstić information content (AvgIpc) is 3.02. The molecule has 3 rings (SSSR count). The fraction of sp³-hybridized carbons (Fsp3) is 0.462. The lowest BCUT2D eigenvalue weighted by Gasteiger charge is -2.10. The average molecular weight is 243 g/mol. The highest BCUT2D eigenvalue weighted by molar-refractivity contribution is 5.58. The summed E-state index contributed by atoms with van der Waals surface area (Å²) in [5, 5.41) is 12.0. The van der Waals surface area contributed by atoms with Gasteiger partial charge in [-0.15, -0.1) is 5.10 Å². The first-order valence-corrected chi connectivity index (χ1v) is 6.45. The molecule has 5 nitrogen and oxygen atoms in total. The maximum absolute atomic E-state index is 5.69. The number of tetrazole rings is 1. The van der Waals surface area contributed by atoms with Crippen molar-refractivity contribution in [2.24, 2.45) is 5.92 Å². The van der Waals surface area contributed by atoms with E-state index in [1.54, 1.807) is 0 Å². The lowest BCUT2D eigenvalue weighted by Crippen LogP contribution is -2.10. The van der Waals surface area contributed by atoms with Crippen LogP contribution in [0.1, 0.15) is 25.7 Å². The molecule has 0 amide bonds. The van der Waals surface area contributed by atoms with E-state index in [-0.39, 0.29) is 0 Å². The van der Waals surface area contributed by atoms with Gasteiger partial charge in [-0.25, -0.2) is 4.68 Å². The zero-order valence-corrected chi connectivity index (χ0v) is 10.3. The van der Waals surface area contributed by atoms with E-state index in [9.17, 15) is 0 Å². The molecule has 1 aliphatic rings. The summed E-state index contributed by atoms with van der Waals surface area (Å²) in [6.07, 6.45) is 5.26. The van der Waals surface area contributed by atoms with Crippen LogP contribution in [0.15, 0.2) is 24.3 Å². The second kappa shape index (κ2) is 4.76. The van der Waals surface area contributed by atoms with Gasteiger partial charge in [-0.3, -0.25) is 0 Å². The predicted octanol–water partition coefficient (Wildman–Crippen LogP) is 2.11. The number of hydrogen-bond donors (Lipinski definition) is 1. The molecule has 0 aliphatic heterocycles. The maximum Gasteiger partial charge on any atom is 0.182 e. The molecule has 18 heavy (non-hydrogen) atoms. The molecule has 0 unspecified atom stereocenters. The van der Waals surface area contributed by atoms with E-state index >= 15 is 0 Å². The fourth-order valence-electron chi connectivity index (χ4n) is 2.60. The molecule has 0 radical (unpaired) electrons. The lowest BCUT2D eigenvalue weighted by molar-refractivity contribution is 0.424. The highest BCUT2D eigenvalue weighted by atomic mass is 15.5. The van der Waals surface area contributed by atoms with E-state index < -0.39 is 0 Å². The third kappa shape index (κ3) is 2.20. The Morgan fingerprint density at radius 3 is 2.61 bits per heavy atom. The van der Waals surface area contributed by atoms with Crippen molar-refractivity contribution in [3.8, 4) is 11.4 Å². The molecule has 0 spiro atoms. The highest BCUT2D eigenvalue weighted by Crippen LogP contribution is 2.27. The zero-order valence-electron chi connectivity index (χ0n) is 10.3. The van der Waals surface area contributed by atoms with E-state index in [2.05, 4.69) is 15.5 Å². The first-order chi connectivity index (χ1) is 8.83. The van der Waals surface area contributed by atoms with Gasteiger partial charge in [0.15, 0.2) is 5.82 Å². The summed E-state index contributed by atoms with van der Waals surface area (Å²) < 4.78 is 1.92. The Labute approximate surface area is 106 Å². The minimum Gasteiger partial charge on any atom is -0.399 e. The summed E-state index contributed by atoms with van der Waals surface area (Å²) in [6, 6.07) is 7.69. The van der Waals surface area contributed by atoms with Crippen LogP contribution in [0, 0.1) is 5.92 Å². The third-order valence-electron chi connectivity index (χ3n) is 3.61. The summed E-state index contributed by atoms with van der Waals surface area (Å²) in [6.45, 7) is 0.923. The topological polar surface area (TPSA) is 69.6 Å². The second-order valence-electron chi connectivity index (χ2n) is 4.96. The minimum atomic E-state index is 0.723. The van der Waals surface area contributed by atoms with Crippen LogP contribution in [0.5, 0.6) is 0 Å². The molecular formula is C13H17N5. The maximum atomic E-state index is 5.69. The van der Waals surface area contributed by atoms with Gasteiger partial charge in [0, 0.05) is 17.8 Å². The Bertz CT molecular complexity index is 510. The number of aromatic nitrogens is 4. The first-order valence-electron chi connectivity index (χ1n) is 6.45. The van der Waals surface area contributed by atoms with Crippen LogP contribution < -0.4 is 5.73 Å². The zero-order chi connectivity index (χ0) is 12.4. The molecule has 0 atom stereocenters. The molecule has 1 heterocycles. The number of anilines is 1. The Kier molecular flexibility index (Phi) is 2.96. The van der Waals surface area contributed by atoms with Gasteiger partial charge >= 0.3 is 0 Å². The summed E-state index contributed by atoms with van der Waals surface area (Å²) in [5.74, 6) is 1.56. The summed E-state index contributed by atoms with van der Waals surface area (Å²) in [4.78, 5) is 0. The molecule has 94 valence electrons. The standard InChI is InChI=1S/C13H17N5/c14-12-7-5-11(6-8-12)13-15-16-17-18(13)9-10-3-1-2-4-10/h5-8,10H,1-4,9,14H2. The second-order valence-corrected chi connectivity index (χ2v) is 4.96. The quantitative estimate of drug-likeness (QED) is 0.838. The number of nitrogens with zero attached hydrogens (tertiary/aromatic N) is 4. The van der Waals surface area contributed by atoms with E-state index in [1.807, 2.05) is 28.9 Å². The van der Waals surface area contributed by atoms with Crippen LogP contribution in [0.2, 0.25) is 0 Å². The molecule has 1 aliphatic carbocycles. The van der Waals surface area contributed by atoms with Gasteiger partial charge in [-0.05, 0) is 53.5 Å². The fourth-order valence-corrected chi connectivity index (χ4v) is 2.60. The Balaban J connectivity index is 1.84. The smallest absolute Gasteiger partial charge is 0.182 e. The van der Waals surface area contributed by atoms with E-state index in [1.165, 1.54) is 25.7 Å². The van der Waals surface area contributed by atoms with Gasteiger partial charge in [-0.2, -0.15) is 0 Å². The van der Waals surface area contributed by atoms with Gasteiger partial charge in [0.25, 0.3) is 0 Å². The molecule has 2 aromatic rings. The summed E-state index contributed by atoms with van der Waals surface area (Å²) >= 11 is 0. The third-order valence-corrected chi connectivity index (χ3v) is 3.61. The molecule has 2 N–H and O–H groups in total. The summed E-state index contributed by atoms with van der Waals surface area (Å²) in [7, 11) is 0. The van der Waals surface area contributed by atoms with Gasteiger partial charge in [0.05, 0.1) is 0 Å². The predicted molar refractivity (Wildman–Crippen MR) is 69.6 cm³/mol. The Morgan fingerprint density at radius 2 is 1.89 bits per heavy atom. The van der Waals surface area contributed by atoms with Crippen molar-refractivity contribution >= 4 is 5.69 Å². The van der Waals surface area contributed by atoms with Gasteiger partial charge in [-0.1, -0.05) is 12.8 Å². The van der Waals surface area contributed by atoms with Crippen molar-refractivity contribution in [2.75, 3.05) is 5.73 Å². The van der Waals surface area contributed by atoms with Crippen LogP contribution in [0.25, 0.3) is 11.4 Å². The first kappa shape index (κ1) is 11.2. The summed E-state index contributed by atoms with van der Waals surface area (Å²) in [5.41, 5.74) is 7.47. The van der Waals surface area contributed by atoms with Crippen molar-refractivity contribution in [3.05, 3.63) is 24.3 Å². The monoisotopic (exact) mass is 243 g/mol. The SMILES string of the molecule is Nc1ccc(-c2nnnn2CC2CCCC2)cc1. The number of nitrogens with two attached hydrogens (primary N) is 1. The van der Waals surface area contributed by atoms with Crippen LogP contribution in [-0.4, -0.2) is 20.2 Å². The van der Waals surface area contributed by atoms with E-state index in [0.717, 1.165) is 29.5 Å². The van der Waals surface area contributed by atoms with Crippen molar-refractivity contribution in [1.29, 1.82) is 0 Å². The largest absolute Gasteiger partial charge is 0.399 e. The molecule has 5 heteroatoms. The molecule has 0 bridgehead atoms. The van der Waals surface area contributed by atoms with E-state index in [4.69, 9.17) is 5.73 Å². The lowest BCUT2D eigenvalue weighted by atomic mass is 10.1. The minimum absolute atomic E-state index is 0.723. The number of nitrogen functional groups attached to an aromatic ring is 1. The van der Waals surface area contributed by atoms with Gasteiger partial charge < -0.3 is 5.73 Å². The Hall–Kier alpha value is -1.91. The number of benzene rings is 1. The molecule has 1 saturated carbocycles. The van der Waals surface area contributed by atoms with Crippen molar-refractivity contribution in [3.63, 3.8) is 0 Å². The molecular weight excluding hydrogens is 226 g/mol. The Morgan fingerprint density at radius 1 is 1.17 bits per heavy atom. The molecule has 0 saturated heterocycles. The van der Waals surface area contributed by atoms with Crippen molar-refractivity contribution in [1.82, 2.24) is 20.2 Å². The van der Waals surface area contributed by atoms with Crippen LogP contribution >= 0.6 is 0 Å². The van der Waals surface area contributed by atoms with Gasteiger partial charge in [0.1, 0.15) is 0 Å². The van der Waals surface area contributed by atoms with Crippen LogP contribution in [-0.2, 0) is 6.54 Å². The molecule has 1 aromatic carbocycles. The number of rotatable bonds is 3. The van der Waals surface area contributed by atoms with Crippen molar-refractivity contribution < 1.29 is 0 Å². The van der Waals surface area contributed by atoms with Gasteiger partial charge in [0.2, 0.25) is 0 Å². The van der Waals surface area contributed by atoms with Crippen LogP contribution in [0.3, 0.4) is 0 Å². The molecule has 1 fully saturated rings. The van der Waals surface area contributed by atoms with Crippen molar-refractivity contribution in [2.45, 2.75) is 32.2 Å². The normalized spacial score (nSPS) is 16.2. The van der Waals surface area contributed by atoms with Crippen LogP contribution in [0.4, 0.5) is 5.69 Å². The number of hydrogen-bond acceptors (Lipinski definition) is 4. The molecule has 1 aromatic heterocycles. The highest BCUT2D eigenvalue weighted by Gasteiger charge is 2.18. The van der Waals surface area contributed by atoms with E-state index in [0.29, 0.717) is 0 Å².